The number of aromatic nitrogens is 2. The number of rotatable bonds is 3. The molecule has 1 aromatic heterocycles. The smallest absolute Gasteiger partial charge is 0.259 e. The molecule has 6 nitrogen and oxygen atoms in total. The molecule has 0 spiro atoms. The van der Waals surface area contributed by atoms with Gasteiger partial charge in [-0.05, 0) is 30.7 Å². The Kier molecular flexibility index (Phi) is 4.22. The standard InChI is InChI=1S/C19H16N4O2S/c1-12-21-22-19(26-12)20-17(24)16-11-14-9-5-6-10-15(14)23(16)18(25)13-7-3-2-4-8-13/h2-10,16H,11H2,1H3,(H,20,22,24). The van der Waals surface area contributed by atoms with Gasteiger partial charge in [0.1, 0.15) is 11.0 Å². The highest BCUT2D eigenvalue weighted by Gasteiger charge is 2.38. The minimum Gasteiger partial charge on any atom is -0.299 e. The Bertz CT molecular complexity index is 970. The number of anilines is 2. The third-order valence-electron chi connectivity index (χ3n) is 4.27. The van der Waals surface area contributed by atoms with Crippen LogP contribution in [-0.2, 0) is 11.2 Å². The second kappa shape index (κ2) is 6.68. The molecule has 1 aliphatic rings. The molecule has 0 bridgehead atoms. The lowest BCUT2D eigenvalue weighted by molar-refractivity contribution is -0.117. The molecule has 2 aromatic carbocycles. The Balaban J connectivity index is 1.67. The van der Waals surface area contributed by atoms with Gasteiger partial charge in [0.25, 0.3) is 5.91 Å². The molecule has 1 unspecified atom stereocenters. The fourth-order valence-electron chi connectivity index (χ4n) is 3.10. The minimum absolute atomic E-state index is 0.191. The number of para-hydroxylation sites is 1. The molecule has 0 saturated carbocycles. The Morgan fingerprint density at radius 3 is 2.54 bits per heavy atom. The molecule has 2 heterocycles. The van der Waals surface area contributed by atoms with Gasteiger partial charge in [-0.25, -0.2) is 0 Å². The van der Waals surface area contributed by atoms with Gasteiger partial charge in [0, 0.05) is 17.7 Å². The molecular weight excluding hydrogens is 348 g/mol. The van der Waals surface area contributed by atoms with Gasteiger partial charge in [0.15, 0.2) is 0 Å². The van der Waals surface area contributed by atoms with Crippen molar-refractivity contribution in [1.82, 2.24) is 10.2 Å². The van der Waals surface area contributed by atoms with Crippen molar-refractivity contribution in [3.8, 4) is 0 Å². The fraction of sp³-hybridized carbons (Fsp3) is 0.158. The highest BCUT2D eigenvalue weighted by Crippen LogP contribution is 2.34. The SMILES string of the molecule is Cc1nnc(NC(=O)C2Cc3ccccc3N2C(=O)c2ccccc2)s1. The molecule has 0 saturated heterocycles. The van der Waals surface area contributed by atoms with Crippen LogP contribution in [0.25, 0.3) is 0 Å². The van der Waals surface area contributed by atoms with Gasteiger partial charge in [0.2, 0.25) is 11.0 Å². The van der Waals surface area contributed by atoms with E-state index in [4.69, 9.17) is 0 Å². The van der Waals surface area contributed by atoms with Crippen LogP contribution in [-0.4, -0.2) is 28.1 Å². The highest BCUT2D eigenvalue weighted by molar-refractivity contribution is 7.15. The summed E-state index contributed by atoms with van der Waals surface area (Å²) >= 11 is 1.31. The number of benzene rings is 2. The predicted molar refractivity (Wildman–Crippen MR) is 100 cm³/mol. The van der Waals surface area contributed by atoms with Crippen molar-refractivity contribution in [2.24, 2.45) is 0 Å². The molecule has 0 fully saturated rings. The lowest BCUT2D eigenvalue weighted by Gasteiger charge is -2.24. The van der Waals surface area contributed by atoms with Crippen molar-refractivity contribution in [2.75, 3.05) is 10.2 Å². The maximum absolute atomic E-state index is 13.1. The molecule has 1 N–H and O–H groups in total. The molecule has 130 valence electrons. The summed E-state index contributed by atoms with van der Waals surface area (Å²) in [7, 11) is 0. The van der Waals surface area contributed by atoms with Crippen molar-refractivity contribution in [2.45, 2.75) is 19.4 Å². The first kappa shape index (κ1) is 16.4. The first-order valence-corrected chi connectivity index (χ1v) is 9.02. The number of carbonyl (C=O) groups is 2. The topological polar surface area (TPSA) is 75.2 Å². The molecule has 1 atom stereocenters. The average Bonchev–Trinajstić information content (AvgIpc) is 3.25. The Hall–Kier alpha value is -3.06. The van der Waals surface area contributed by atoms with E-state index < -0.39 is 6.04 Å². The van der Waals surface area contributed by atoms with Crippen LogP contribution < -0.4 is 10.2 Å². The Morgan fingerprint density at radius 2 is 1.81 bits per heavy atom. The van der Waals surface area contributed by atoms with Crippen LogP contribution in [0.5, 0.6) is 0 Å². The largest absolute Gasteiger partial charge is 0.299 e. The van der Waals surface area contributed by atoms with Crippen LogP contribution in [0.1, 0.15) is 20.9 Å². The predicted octanol–water partition coefficient (Wildman–Crippen LogP) is 3.06. The molecule has 2 amide bonds. The van der Waals surface area contributed by atoms with Crippen molar-refractivity contribution in [1.29, 1.82) is 0 Å². The quantitative estimate of drug-likeness (QED) is 0.775. The van der Waals surface area contributed by atoms with E-state index in [-0.39, 0.29) is 11.8 Å². The summed E-state index contributed by atoms with van der Waals surface area (Å²) in [6, 6.07) is 16.0. The normalized spacial score (nSPS) is 15.6. The highest BCUT2D eigenvalue weighted by atomic mass is 32.1. The van der Waals surface area contributed by atoms with Gasteiger partial charge in [0.05, 0.1) is 0 Å². The van der Waals surface area contributed by atoms with Gasteiger partial charge in [-0.3, -0.25) is 19.8 Å². The maximum Gasteiger partial charge on any atom is 0.259 e. The van der Waals surface area contributed by atoms with Crippen molar-refractivity contribution < 1.29 is 9.59 Å². The monoisotopic (exact) mass is 364 g/mol. The van der Waals surface area contributed by atoms with Crippen molar-refractivity contribution in [3.05, 3.63) is 70.7 Å². The van der Waals surface area contributed by atoms with Crippen molar-refractivity contribution >= 4 is 34.0 Å². The average molecular weight is 364 g/mol. The zero-order valence-corrected chi connectivity index (χ0v) is 14.9. The van der Waals surface area contributed by atoms with E-state index in [1.807, 2.05) is 49.4 Å². The zero-order valence-electron chi connectivity index (χ0n) is 14.0. The lowest BCUT2D eigenvalue weighted by atomic mass is 10.1. The molecule has 0 radical (unpaired) electrons. The van der Waals surface area contributed by atoms with E-state index in [9.17, 15) is 9.59 Å². The van der Waals surface area contributed by atoms with E-state index >= 15 is 0 Å². The van der Waals surface area contributed by atoms with Crippen LogP contribution >= 0.6 is 11.3 Å². The first-order chi connectivity index (χ1) is 12.6. The van der Waals surface area contributed by atoms with E-state index in [0.29, 0.717) is 17.1 Å². The summed E-state index contributed by atoms with van der Waals surface area (Å²) in [5.74, 6) is -0.453. The second-order valence-electron chi connectivity index (χ2n) is 6.01. The molecular formula is C19H16N4O2S. The number of carbonyl (C=O) groups excluding carboxylic acids is 2. The van der Waals surface area contributed by atoms with Gasteiger partial charge >= 0.3 is 0 Å². The van der Waals surface area contributed by atoms with E-state index in [1.165, 1.54) is 11.3 Å². The number of hydrogen-bond donors (Lipinski definition) is 1. The first-order valence-electron chi connectivity index (χ1n) is 8.21. The van der Waals surface area contributed by atoms with Crippen LogP contribution in [0.3, 0.4) is 0 Å². The van der Waals surface area contributed by atoms with Gasteiger partial charge in [-0.2, -0.15) is 0 Å². The van der Waals surface area contributed by atoms with Crippen LogP contribution in [0.4, 0.5) is 10.8 Å². The third-order valence-corrected chi connectivity index (χ3v) is 5.03. The molecule has 4 rings (SSSR count). The van der Waals surface area contributed by atoms with E-state index in [1.54, 1.807) is 17.0 Å². The van der Waals surface area contributed by atoms with Crippen LogP contribution in [0.2, 0.25) is 0 Å². The van der Waals surface area contributed by atoms with E-state index in [2.05, 4.69) is 15.5 Å². The number of fused-ring (bicyclic) bond motifs is 1. The molecule has 26 heavy (non-hydrogen) atoms. The summed E-state index contributed by atoms with van der Waals surface area (Å²) in [5, 5.41) is 11.8. The summed E-state index contributed by atoms with van der Waals surface area (Å²) < 4.78 is 0. The number of nitrogens with zero attached hydrogens (tertiary/aromatic N) is 3. The summed E-state index contributed by atoms with van der Waals surface area (Å²) in [6.45, 7) is 1.82. The van der Waals surface area contributed by atoms with E-state index in [0.717, 1.165) is 16.3 Å². The Morgan fingerprint density at radius 1 is 1.08 bits per heavy atom. The number of nitrogens with one attached hydrogen (secondary N) is 1. The number of hydrogen-bond acceptors (Lipinski definition) is 5. The van der Waals surface area contributed by atoms with Gasteiger partial charge in [-0.15, -0.1) is 10.2 Å². The van der Waals surface area contributed by atoms with Gasteiger partial charge in [-0.1, -0.05) is 47.7 Å². The second-order valence-corrected chi connectivity index (χ2v) is 7.19. The number of amides is 2. The summed E-state index contributed by atoms with van der Waals surface area (Å²) in [6.07, 6.45) is 0.471. The molecule has 3 aromatic rings. The number of aryl methyl sites for hydroxylation is 1. The zero-order chi connectivity index (χ0) is 18.1. The van der Waals surface area contributed by atoms with Gasteiger partial charge < -0.3 is 0 Å². The van der Waals surface area contributed by atoms with Crippen LogP contribution in [0, 0.1) is 6.92 Å². The maximum atomic E-state index is 13.1. The lowest BCUT2D eigenvalue weighted by Crippen LogP contribution is -2.45. The molecule has 1 aliphatic heterocycles. The molecule has 7 heteroatoms. The third kappa shape index (κ3) is 2.97. The van der Waals surface area contributed by atoms with Crippen molar-refractivity contribution in [3.63, 3.8) is 0 Å². The molecule has 0 aliphatic carbocycles. The van der Waals surface area contributed by atoms with Crippen LogP contribution in [0.15, 0.2) is 54.6 Å². The minimum atomic E-state index is -0.621. The summed E-state index contributed by atoms with van der Waals surface area (Å²) in [5.41, 5.74) is 2.30. The Labute approximate surface area is 154 Å². The summed E-state index contributed by atoms with van der Waals surface area (Å²) in [4.78, 5) is 27.6. The fourth-order valence-corrected chi connectivity index (χ4v) is 3.70.